The van der Waals surface area contributed by atoms with Gasteiger partial charge >= 0.3 is 6.09 Å². The molecule has 2 heterocycles. The highest BCUT2D eigenvalue weighted by molar-refractivity contribution is 5.65. The zero-order valence-electron chi connectivity index (χ0n) is 11.4. The maximum atomic E-state index is 10.9. The summed E-state index contributed by atoms with van der Waals surface area (Å²) in [6.45, 7) is 4.27. The van der Waals surface area contributed by atoms with Crippen molar-refractivity contribution in [2.24, 2.45) is 0 Å². The minimum atomic E-state index is -0.874. The number of hydrogen-bond acceptors (Lipinski definition) is 5. The molecule has 1 saturated heterocycles. The molecular weight excluding hydrogens is 260 g/mol. The van der Waals surface area contributed by atoms with Crippen molar-refractivity contribution in [3.63, 3.8) is 0 Å². The number of carboxylic acid groups (broad SMARTS) is 1. The number of piperazine rings is 1. The highest BCUT2D eigenvalue weighted by atomic mass is 16.4. The summed E-state index contributed by atoms with van der Waals surface area (Å²) in [5.74, 6) is 1.08. The lowest BCUT2D eigenvalue weighted by molar-refractivity contribution is 0.142. The molecule has 0 bridgehead atoms. The lowest BCUT2D eigenvalue weighted by Gasteiger charge is -2.35. The normalized spacial score (nSPS) is 25.7. The van der Waals surface area contributed by atoms with E-state index in [9.17, 15) is 9.90 Å². The second-order valence-electron chi connectivity index (χ2n) is 5.41. The first kappa shape index (κ1) is 13.1. The number of carbonyl (C=O) groups is 1. The number of fused-ring (bicyclic) bond motifs is 1. The zero-order valence-corrected chi connectivity index (χ0v) is 11.4. The molecule has 3 rings (SSSR count). The third-order valence-corrected chi connectivity index (χ3v) is 4.13. The molecule has 1 aliphatic carbocycles. The summed E-state index contributed by atoms with van der Waals surface area (Å²) in [4.78, 5) is 23.0. The van der Waals surface area contributed by atoms with Crippen LogP contribution in [0.5, 0.6) is 0 Å². The Morgan fingerprint density at radius 1 is 1.30 bits per heavy atom. The SMILES string of the molecule is CC1CC(O)c2ncnc(N3CCN(C(=O)O)CC3)c21. The van der Waals surface area contributed by atoms with Crippen molar-refractivity contribution in [1.29, 1.82) is 0 Å². The maximum Gasteiger partial charge on any atom is 0.407 e. The molecule has 7 nitrogen and oxygen atoms in total. The molecule has 1 aliphatic heterocycles. The minimum Gasteiger partial charge on any atom is -0.465 e. The first-order valence-electron chi connectivity index (χ1n) is 6.83. The van der Waals surface area contributed by atoms with Crippen LogP contribution in [0.15, 0.2) is 6.33 Å². The average Bonchev–Trinajstić information content (AvgIpc) is 2.74. The van der Waals surface area contributed by atoms with E-state index in [-0.39, 0.29) is 5.92 Å². The fourth-order valence-corrected chi connectivity index (χ4v) is 3.06. The molecule has 1 amide bonds. The van der Waals surface area contributed by atoms with E-state index >= 15 is 0 Å². The summed E-state index contributed by atoms with van der Waals surface area (Å²) in [6, 6.07) is 0. The van der Waals surface area contributed by atoms with E-state index in [1.807, 2.05) is 0 Å². The third-order valence-electron chi connectivity index (χ3n) is 4.13. The van der Waals surface area contributed by atoms with Crippen LogP contribution in [0.2, 0.25) is 0 Å². The van der Waals surface area contributed by atoms with Crippen LogP contribution in [0.3, 0.4) is 0 Å². The van der Waals surface area contributed by atoms with Crippen LogP contribution in [0.1, 0.15) is 36.6 Å². The molecule has 0 radical (unpaired) electrons. The molecule has 2 aliphatic rings. The Balaban J connectivity index is 1.84. The van der Waals surface area contributed by atoms with Crippen molar-refractivity contribution < 1.29 is 15.0 Å². The molecular formula is C13H18N4O3. The molecule has 0 saturated carbocycles. The van der Waals surface area contributed by atoms with Crippen LogP contribution < -0.4 is 4.90 Å². The molecule has 2 unspecified atom stereocenters. The Kier molecular flexibility index (Phi) is 3.21. The average molecular weight is 278 g/mol. The molecule has 1 aromatic heterocycles. The smallest absolute Gasteiger partial charge is 0.407 e. The number of anilines is 1. The summed E-state index contributed by atoms with van der Waals surface area (Å²) < 4.78 is 0. The number of aromatic nitrogens is 2. The third kappa shape index (κ3) is 2.07. The van der Waals surface area contributed by atoms with Crippen molar-refractivity contribution in [2.75, 3.05) is 31.1 Å². The molecule has 7 heteroatoms. The van der Waals surface area contributed by atoms with Crippen LogP contribution in [0, 0.1) is 0 Å². The fourth-order valence-electron chi connectivity index (χ4n) is 3.06. The number of amides is 1. The van der Waals surface area contributed by atoms with Crippen molar-refractivity contribution in [3.8, 4) is 0 Å². The van der Waals surface area contributed by atoms with Crippen LogP contribution in [-0.4, -0.2) is 57.4 Å². The quantitative estimate of drug-likeness (QED) is 0.790. The number of rotatable bonds is 1. The van der Waals surface area contributed by atoms with E-state index in [0.29, 0.717) is 32.6 Å². The Hall–Kier alpha value is -1.89. The number of nitrogens with zero attached hydrogens (tertiary/aromatic N) is 4. The van der Waals surface area contributed by atoms with Crippen LogP contribution in [0.4, 0.5) is 10.6 Å². The number of hydrogen-bond donors (Lipinski definition) is 2. The van der Waals surface area contributed by atoms with Crippen LogP contribution in [-0.2, 0) is 0 Å². The lowest BCUT2D eigenvalue weighted by Crippen LogP contribution is -2.48. The van der Waals surface area contributed by atoms with E-state index < -0.39 is 12.2 Å². The summed E-state index contributed by atoms with van der Waals surface area (Å²) in [7, 11) is 0. The molecule has 2 atom stereocenters. The fraction of sp³-hybridized carbons (Fsp3) is 0.615. The molecule has 20 heavy (non-hydrogen) atoms. The Bertz CT molecular complexity index is 528. The van der Waals surface area contributed by atoms with Gasteiger partial charge in [0, 0.05) is 31.7 Å². The van der Waals surface area contributed by atoms with E-state index in [4.69, 9.17) is 5.11 Å². The Morgan fingerprint density at radius 3 is 2.65 bits per heavy atom. The van der Waals surface area contributed by atoms with E-state index in [2.05, 4.69) is 21.8 Å². The number of aliphatic hydroxyl groups excluding tert-OH is 1. The molecule has 1 aromatic rings. The van der Waals surface area contributed by atoms with Crippen molar-refractivity contribution in [1.82, 2.24) is 14.9 Å². The zero-order chi connectivity index (χ0) is 14.3. The predicted molar refractivity (Wildman–Crippen MR) is 71.8 cm³/mol. The topological polar surface area (TPSA) is 89.8 Å². The van der Waals surface area contributed by atoms with E-state index in [1.165, 1.54) is 11.2 Å². The summed E-state index contributed by atoms with van der Waals surface area (Å²) in [6.07, 6.45) is 0.776. The van der Waals surface area contributed by atoms with Gasteiger partial charge in [0.2, 0.25) is 0 Å². The number of aliphatic hydroxyl groups is 1. The van der Waals surface area contributed by atoms with Gasteiger partial charge < -0.3 is 20.0 Å². The summed E-state index contributed by atoms with van der Waals surface area (Å²) >= 11 is 0. The molecule has 0 aromatic carbocycles. The van der Waals surface area contributed by atoms with Gasteiger partial charge in [0.15, 0.2) is 0 Å². The first-order chi connectivity index (χ1) is 9.58. The highest BCUT2D eigenvalue weighted by Crippen LogP contribution is 2.42. The standard InChI is InChI=1S/C13H18N4O3/c1-8-6-9(18)11-10(8)12(15-7-14-11)16-2-4-17(5-3-16)13(19)20/h7-9,18H,2-6H2,1H3,(H,19,20). The van der Waals surface area contributed by atoms with Gasteiger partial charge in [0.1, 0.15) is 12.1 Å². The summed E-state index contributed by atoms with van der Waals surface area (Å²) in [5, 5.41) is 19.0. The van der Waals surface area contributed by atoms with Crippen LogP contribution in [0.25, 0.3) is 0 Å². The lowest BCUT2D eigenvalue weighted by atomic mass is 10.1. The second-order valence-corrected chi connectivity index (χ2v) is 5.41. The largest absolute Gasteiger partial charge is 0.465 e. The predicted octanol–water partition coefficient (Wildman–Crippen LogP) is 0.817. The van der Waals surface area contributed by atoms with Crippen molar-refractivity contribution in [3.05, 3.63) is 17.6 Å². The molecule has 108 valence electrons. The van der Waals surface area contributed by atoms with E-state index in [1.54, 1.807) is 0 Å². The Labute approximate surface area is 116 Å². The van der Waals surface area contributed by atoms with Gasteiger partial charge in [-0.2, -0.15) is 0 Å². The summed E-state index contributed by atoms with van der Waals surface area (Å²) in [5.41, 5.74) is 1.74. The van der Waals surface area contributed by atoms with Gasteiger partial charge in [0.05, 0.1) is 11.8 Å². The van der Waals surface area contributed by atoms with Gasteiger partial charge in [-0.15, -0.1) is 0 Å². The van der Waals surface area contributed by atoms with Gasteiger partial charge in [-0.05, 0) is 12.3 Å². The minimum absolute atomic E-state index is 0.230. The van der Waals surface area contributed by atoms with Gasteiger partial charge in [0.25, 0.3) is 0 Å². The maximum absolute atomic E-state index is 10.9. The molecule has 0 spiro atoms. The van der Waals surface area contributed by atoms with Gasteiger partial charge in [-0.25, -0.2) is 14.8 Å². The van der Waals surface area contributed by atoms with Crippen molar-refractivity contribution in [2.45, 2.75) is 25.4 Å². The van der Waals surface area contributed by atoms with E-state index in [0.717, 1.165) is 17.1 Å². The Morgan fingerprint density at radius 2 is 2.00 bits per heavy atom. The van der Waals surface area contributed by atoms with Crippen molar-refractivity contribution >= 4 is 11.9 Å². The second kappa shape index (κ2) is 4.90. The van der Waals surface area contributed by atoms with Crippen LogP contribution >= 0.6 is 0 Å². The van der Waals surface area contributed by atoms with Gasteiger partial charge in [-0.3, -0.25) is 0 Å². The molecule has 2 N–H and O–H groups in total. The molecule has 1 fully saturated rings. The first-order valence-corrected chi connectivity index (χ1v) is 6.83. The highest BCUT2D eigenvalue weighted by Gasteiger charge is 2.33. The van der Waals surface area contributed by atoms with Gasteiger partial charge in [-0.1, -0.05) is 6.92 Å². The monoisotopic (exact) mass is 278 g/mol.